The second-order valence-electron chi connectivity index (χ2n) is 4.41. The van der Waals surface area contributed by atoms with Crippen molar-refractivity contribution in [3.8, 4) is 0 Å². The van der Waals surface area contributed by atoms with E-state index in [4.69, 9.17) is 10.8 Å². The molecule has 0 saturated heterocycles. The Balaban J connectivity index is 4.37. The van der Waals surface area contributed by atoms with Crippen LogP contribution < -0.4 is 16.4 Å². The van der Waals surface area contributed by atoms with Crippen LogP contribution in [0.3, 0.4) is 0 Å². The van der Waals surface area contributed by atoms with Gasteiger partial charge in [0.25, 0.3) is 0 Å². The molecule has 2 amide bonds. The fourth-order valence-electron chi connectivity index (χ4n) is 1.43. The summed E-state index contributed by atoms with van der Waals surface area (Å²) in [4.78, 5) is 45.0. The van der Waals surface area contributed by atoms with Crippen molar-refractivity contribution in [3.05, 3.63) is 0 Å². The predicted molar refractivity (Wildman–Crippen MR) is 80.3 cm³/mol. The van der Waals surface area contributed by atoms with Crippen LogP contribution in [0.2, 0.25) is 0 Å². The summed E-state index contributed by atoms with van der Waals surface area (Å²) in [5, 5.41) is 13.4. The van der Waals surface area contributed by atoms with E-state index in [1.165, 1.54) is 7.11 Å². The highest BCUT2D eigenvalue weighted by Gasteiger charge is 2.21. The van der Waals surface area contributed by atoms with Gasteiger partial charge in [-0.05, 0) is 18.6 Å². The van der Waals surface area contributed by atoms with Crippen LogP contribution in [0.15, 0.2) is 0 Å². The molecule has 0 aromatic carbocycles. The molecular weight excluding hydrogens is 314 g/mol. The summed E-state index contributed by atoms with van der Waals surface area (Å²) in [6.07, 6.45) is 0.0895. The Hall–Kier alpha value is -1.81. The number of rotatable bonds is 10. The molecule has 10 heteroatoms. The molecule has 2 atom stereocenters. The number of methoxy groups -OCH3 is 1. The van der Waals surface area contributed by atoms with Gasteiger partial charge in [-0.1, -0.05) is 0 Å². The van der Waals surface area contributed by atoms with E-state index in [0.717, 1.165) is 0 Å². The van der Waals surface area contributed by atoms with Gasteiger partial charge in [0, 0.05) is 6.42 Å². The molecule has 0 radical (unpaired) electrons. The van der Waals surface area contributed by atoms with E-state index in [1.807, 2.05) is 0 Å². The van der Waals surface area contributed by atoms with Gasteiger partial charge < -0.3 is 26.2 Å². The van der Waals surface area contributed by atoms with Crippen molar-refractivity contribution >= 4 is 36.4 Å². The minimum absolute atomic E-state index is 0.0431. The van der Waals surface area contributed by atoms with Crippen LogP contribution in [0.25, 0.3) is 0 Å². The van der Waals surface area contributed by atoms with Crippen molar-refractivity contribution in [3.63, 3.8) is 0 Å². The highest BCUT2D eigenvalue weighted by molar-refractivity contribution is 7.80. The first kappa shape index (κ1) is 20.2. The number of hydrogen-bond acceptors (Lipinski definition) is 7. The molecule has 5 N–H and O–H groups in total. The van der Waals surface area contributed by atoms with Gasteiger partial charge in [-0.25, -0.2) is 0 Å². The Morgan fingerprint density at radius 2 is 1.91 bits per heavy atom. The average Bonchev–Trinajstić information content (AvgIpc) is 2.49. The van der Waals surface area contributed by atoms with Gasteiger partial charge in [0.15, 0.2) is 0 Å². The quantitative estimate of drug-likeness (QED) is 0.235. The number of ether oxygens (including phenoxy) is 1. The largest absolute Gasteiger partial charge is 0.480 e. The summed E-state index contributed by atoms with van der Waals surface area (Å²) >= 11 is 4.00. The molecule has 9 nitrogen and oxygen atoms in total. The zero-order valence-electron chi connectivity index (χ0n) is 12.2. The van der Waals surface area contributed by atoms with Gasteiger partial charge >= 0.3 is 11.9 Å². The molecule has 0 aliphatic heterocycles. The van der Waals surface area contributed by atoms with Crippen molar-refractivity contribution in [2.45, 2.75) is 31.3 Å². The number of aliphatic carboxylic acids is 1. The maximum Gasteiger partial charge on any atom is 0.325 e. The van der Waals surface area contributed by atoms with Crippen LogP contribution >= 0.6 is 12.6 Å². The third kappa shape index (κ3) is 8.47. The Morgan fingerprint density at radius 1 is 1.27 bits per heavy atom. The minimum atomic E-state index is -1.20. The van der Waals surface area contributed by atoms with E-state index in [2.05, 4.69) is 28.0 Å². The van der Waals surface area contributed by atoms with Crippen LogP contribution in [0.4, 0.5) is 0 Å². The molecule has 0 spiro atoms. The monoisotopic (exact) mass is 335 g/mol. The molecule has 22 heavy (non-hydrogen) atoms. The smallest absolute Gasteiger partial charge is 0.325 e. The molecule has 0 aliphatic rings. The van der Waals surface area contributed by atoms with Gasteiger partial charge in [0.05, 0.1) is 7.11 Å². The first-order chi connectivity index (χ1) is 10.3. The number of nitrogens with two attached hydrogens (primary N) is 1. The molecule has 0 aromatic heterocycles. The number of carbonyl (C=O) groups excluding carboxylic acids is 3. The van der Waals surface area contributed by atoms with Crippen molar-refractivity contribution in [1.29, 1.82) is 0 Å². The molecule has 0 aromatic rings. The zero-order valence-corrected chi connectivity index (χ0v) is 13.1. The molecule has 0 unspecified atom stereocenters. The molecule has 0 aliphatic carbocycles. The molecular formula is C12H21N3O6S. The Labute approximate surface area is 133 Å². The lowest BCUT2D eigenvalue weighted by molar-refractivity contribution is -0.141. The van der Waals surface area contributed by atoms with Gasteiger partial charge in [-0.2, -0.15) is 12.6 Å². The lowest BCUT2D eigenvalue weighted by Crippen LogP contribution is -2.48. The van der Waals surface area contributed by atoms with E-state index >= 15 is 0 Å². The molecule has 0 fully saturated rings. The number of nitrogens with one attached hydrogen (secondary N) is 2. The molecule has 0 rings (SSSR count). The van der Waals surface area contributed by atoms with Crippen LogP contribution in [0, 0.1) is 0 Å². The number of hydrogen-bond donors (Lipinski definition) is 5. The zero-order chi connectivity index (χ0) is 17.1. The third-order valence-electron chi connectivity index (χ3n) is 2.70. The topological polar surface area (TPSA) is 148 Å². The lowest BCUT2D eigenvalue weighted by Gasteiger charge is -2.17. The number of carboxylic acids is 1. The number of esters is 1. The van der Waals surface area contributed by atoms with Crippen molar-refractivity contribution < 1.29 is 29.0 Å². The summed E-state index contributed by atoms with van der Waals surface area (Å²) in [5.41, 5.74) is 5.29. The first-order valence-corrected chi connectivity index (χ1v) is 7.18. The van der Waals surface area contributed by atoms with Crippen molar-refractivity contribution in [2.24, 2.45) is 5.73 Å². The maximum atomic E-state index is 11.8. The minimum Gasteiger partial charge on any atom is -0.480 e. The van der Waals surface area contributed by atoms with E-state index in [-0.39, 0.29) is 25.8 Å². The lowest BCUT2D eigenvalue weighted by atomic mass is 10.1. The number of amides is 2. The van der Waals surface area contributed by atoms with Gasteiger partial charge in [0.1, 0.15) is 18.6 Å². The highest BCUT2D eigenvalue weighted by atomic mass is 32.1. The standard InChI is InChI=1S/C12H21N3O6S/c1-21-10(17)6-14-11(18)8(4-5-22)15-9(16)3-2-7(13)12(19)20/h7-8,22H,2-6,13H2,1H3,(H,14,18)(H,15,16)(H,19,20)/t7-,8-/m0/s1. The number of carboxylic acid groups (broad SMARTS) is 1. The maximum absolute atomic E-state index is 11.8. The van der Waals surface area contributed by atoms with Gasteiger partial charge in [0.2, 0.25) is 11.8 Å². The first-order valence-electron chi connectivity index (χ1n) is 6.55. The molecule has 0 saturated carbocycles. The average molecular weight is 335 g/mol. The summed E-state index contributed by atoms with van der Waals surface area (Å²) in [6.45, 7) is -0.307. The number of carbonyl (C=O) groups is 4. The van der Waals surface area contributed by atoms with Crippen LogP contribution in [-0.2, 0) is 23.9 Å². The normalized spacial score (nSPS) is 12.9. The summed E-state index contributed by atoms with van der Waals surface area (Å²) < 4.78 is 4.38. The van der Waals surface area contributed by atoms with Crippen LogP contribution in [0.1, 0.15) is 19.3 Å². The summed E-state index contributed by atoms with van der Waals surface area (Å²) in [6, 6.07) is -2.00. The molecule has 0 bridgehead atoms. The van der Waals surface area contributed by atoms with E-state index in [0.29, 0.717) is 5.75 Å². The van der Waals surface area contributed by atoms with Crippen molar-refractivity contribution in [2.75, 3.05) is 19.4 Å². The predicted octanol–water partition coefficient (Wildman–Crippen LogP) is -1.73. The highest BCUT2D eigenvalue weighted by Crippen LogP contribution is 1.99. The Morgan fingerprint density at radius 3 is 2.41 bits per heavy atom. The van der Waals surface area contributed by atoms with Crippen LogP contribution in [0.5, 0.6) is 0 Å². The van der Waals surface area contributed by atoms with E-state index in [1.54, 1.807) is 0 Å². The van der Waals surface area contributed by atoms with E-state index in [9.17, 15) is 19.2 Å². The van der Waals surface area contributed by atoms with Crippen LogP contribution in [-0.4, -0.2) is 60.4 Å². The SMILES string of the molecule is COC(=O)CNC(=O)[C@H](CCS)NC(=O)CC[C@H](N)C(=O)O. The second kappa shape index (κ2) is 10.9. The third-order valence-corrected chi connectivity index (χ3v) is 2.96. The van der Waals surface area contributed by atoms with Gasteiger partial charge in [-0.15, -0.1) is 0 Å². The molecule has 0 heterocycles. The fourth-order valence-corrected chi connectivity index (χ4v) is 1.69. The summed E-state index contributed by atoms with van der Waals surface area (Å²) in [5.74, 6) is -2.52. The fraction of sp³-hybridized carbons (Fsp3) is 0.667. The Bertz CT molecular complexity index is 418. The number of thiol groups is 1. The Kier molecular flexibility index (Phi) is 9.96. The van der Waals surface area contributed by atoms with Crippen molar-refractivity contribution in [1.82, 2.24) is 10.6 Å². The van der Waals surface area contributed by atoms with E-state index < -0.39 is 35.8 Å². The second-order valence-corrected chi connectivity index (χ2v) is 4.86. The summed E-state index contributed by atoms with van der Waals surface area (Å²) in [7, 11) is 1.19. The molecule has 126 valence electrons. The van der Waals surface area contributed by atoms with Gasteiger partial charge in [-0.3, -0.25) is 19.2 Å².